The fourth-order valence-electron chi connectivity index (χ4n) is 1.07. The van der Waals surface area contributed by atoms with E-state index in [0.717, 1.165) is 9.13 Å². The van der Waals surface area contributed by atoms with E-state index in [1.807, 2.05) is 24.3 Å². The largest absolute Gasteiger partial charge is 0.335 e. The van der Waals surface area contributed by atoms with E-state index < -0.39 is 0 Å². The molecular formula is C9H9IN6. The van der Waals surface area contributed by atoms with Crippen LogP contribution in [0.25, 0.3) is 0 Å². The molecule has 3 N–H and O–H groups in total. The number of hydrogen-bond donors (Lipinski definition) is 2. The number of nitrogens with one attached hydrogen (secondary N) is 1. The summed E-state index contributed by atoms with van der Waals surface area (Å²) in [5.41, 5.74) is 3.69. The first-order valence-corrected chi connectivity index (χ1v) is 5.53. The summed E-state index contributed by atoms with van der Waals surface area (Å²) in [6.45, 7) is 0. The fourth-order valence-corrected chi connectivity index (χ4v) is 1.64. The lowest BCUT2D eigenvalue weighted by Crippen LogP contribution is -2.10. The van der Waals surface area contributed by atoms with Gasteiger partial charge in [0.1, 0.15) is 6.33 Å². The van der Waals surface area contributed by atoms with E-state index in [1.54, 1.807) is 6.21 Å². The van der Waals surface area contributed by atoms with Crippen LogP contribution in [0.15, 0.2) is 35.7 Å². The maximum Gasteiger partial charge on any atom is 0.263 e. The first-order chi connectivity index (χ1) is 7.75. The van der Waals surface area contributed by atoms with Crippen molar-refractivity contribution in [2.75, 3.05) is 11.3 Å². The van der Waals surface area contributed by atoms with Gasteiger partial charge < -0.3 is 5.84 Å². The molecule has 2 rings (SSSR count). The summed E-state index contributed by atoms with van der Waals surface area (Å²) in [6, 6.07) is 7.95. The number of nitrogen functional groups attached to an aromatic ring is 1. The molecule has 1 aromatic carbocycles. The predicted octanol–water partition coefficient (Wildman–Crippen LogP) is 1.04. The Hall–Kier alpha value is -1.64. The minimum absolute atomic E-state index is 0.391. The van der Waals surface area contributed by atoms with Crippen molar-refractivity contribution < 1.29 is 0 Å². The number of nitrogens with two attached hydrogens (primary N) is 1. The van der Waals surface area contributed by atoms with E-state index in [0.29, 0.717) is 5.95 Å². The number of anilines is 1. The summed E-state index contributed by atoms with van der Waals surface area (Å²) in [5.74, 6) is 5.89. The highest BCUT2D eigenvalue weighted by Gasteiger charge is 1.96. The molecule has 0 saturated heterocycles. The van der Waals surface area contributed by atoms with Gasteiger partial charge in [-0.3, -0.25) is 0 Å². The summed E-state index contributed by atoms with van der Waals surface area (Å²) in [7, 11) is 0. The maximum atomic E-state index is 5.50. The molecule has 0 bridgehead atoms. The third-order valence-electron chi connectivity index (χ3n) is 1.80. The average molecular weight is 328 g/mol. The maximum absolute atomic E-state index is 5.50. The van der Waals surface area contributed by atoms with Gasteiger partial charge in [0.15, 0.2) is 0 Å². The normalized spacial score (nSPS) is 10.8. The van der Waals surface area contributed by atoms with Gasteiger partial charge in [0.2, 0.25) is 0 Å². The second-order valence-corrected chi connectivity index (χ2v) is 4.23. The van der Waals surface area contributed by atoms with Gasteiger partial charge in [0.25, 0.3) is 5.95 Å². The first kappa shape index (κ1) is 10.9. The smallest absolute Gasteiger partial charge is 0.263 e. The van der Waals surface area contributed by atoms with Gasteiger partial charge >= 0.3 is 0 Å². The summed E-state index contributed by atoms with van der Waals surface area (Å²) < 4.78 is 2.41. The predicted molar refractivity (Wildman–Crippen MR) is 70.5 cm³/mol. The van der Waals surface area contributed by atoms with Gasteiger partial charge in [-0.05, 0) is 40.3 Å². The van der Waals surface area contributed by atoms with Crippen LogP contribution in [-0.2, 0) is 0 Å². The molecule has 0 atom stereocenters. The number of hydrogen-bond acceptors (Lipinski definition) is 5. The van der Waals surface area contributed by atoms with Gasteiger partial charge in [-0.2, -0.15) is 5.10 Å². The second kappa shape index (κ2) is 4.92. The molecule has 16 heavy (non-hydrogen) atoms. The first-order valence-electron chi connectivity index (χ1n) is 4.45. The molecule has 0 amide bonds. The van der Waals surface area contributed by atoms with Gasteiger partial charge in [-0.25, -0.2) is 10.1 Å². The van der Waals surface area contributed by atoms with Crippen molar-refractivity contribution in [2.24, 2.45) is 5.10 Å². The number of hydrazone groups is 1. The van der Waals surface area contributed by atoms with Crippen LogP contribution in [0.1, 0.15) is 5.56 Å². The van der Waals surface area contributed by atoms with E-state index in [-0.39, 0.29) is 0 Å². The van der Waals surface area contributed by atoms with Crippen molar-refractivity contribution in [2.45, 2.75) is 0 Å². The summed E-state index contributed by atoms with van der Waals surface area (Å²) in [5, 5.41) is 11.3. The molecule has 7 heteroatoms. The SMILES string of the molecule is Nn1cnnc1N/N=C/c1cccc(I)c1. The lowest BCUT2D eigenvalue weighted by Gasteiger charge is -1.97. The van der Waals surface area contributed by atoms with Crippen molar-refractivity contribution in [1.82, 2.24) is 14.9 Å². The van der Waals surface area contributed by atoms with E-state index in [4.69, 9.17) is 5.84 Å². The topological polar surface area (TPSA) is 81.1 Å². The zero-order valence-corrected chi connectivity index (χ0v) is 10.4. The van der Waals surface area contributed by atoms with Crippen molar-refractivity contribution in [3.63, 3.8) is 0 Å². The van der Waals surface area contributed by atoms with E-state index in [1.165, 1.54) is 11.0 Å². The van der Waals surface area contributed by atoms with Gasteiger partial charge in [-0.15, -0.1) is 10.2 Å². The zero-order valence-electron chi connectivity index (χ0n) is 8.21. The highest BCUT2D eigenvalue weighted by Crippen LogP contribution is 2.05. The molecule has 0 spiro atoms. The monoisotopic (exact) mass is 328 g/mol. The molecule has 82 valence electrons. The Morgan fingerprint density at radius 3 is 3.06 bits per heavy atom. The molecule has 0 aliphatic heterocycles. The Balaban J connectivity index is 2.03. The minimum Gasteiger partial charge on any atom is -0.335 e. The summed E-state index contributed by atoms with van der Waals surface area (Å²) >= 11 is 2.24. The number of nitrogens with zero attached hydrogens (tertiary/aromatic N) is 4. The molecule has 1 heterocycles. The number of aromatic nitrogens is 3. The second-order valence-electron chi connectivity index (χ2n) is 2.99. The van der Waals surface area contributed by atoms with Crippen molar-refractivity contribution in [3.05, 3.63) is 39.7 Å². The van der Waals surface area contributed by atoms with Crippen LogP contribution in [0.2, 0.25) is 0 Å². The molecular weight excluding hydrogens is 319 g/mol. The molecule has 0 unspecified atom stereocenters. The highest BCUT2D eigenvalue weighted by atomic mass is 127. The van der Waals surface area contributed by atoms with Crippen LogP contribution in [0.5, 0.6) is 0 Å². The lowest BCUT2D eigenvalue weighted by molar-refractivity contribution is 0.988. The minimum atomic E-state index is 0.391. The highest BCUT2D eigenvalue weighted by molar-refractivity contribution is 14.1. The standard InChI is InChI=1S/C9H9IN6/c10-8-3-1-2-7(4-8)5-12-14-9-15-13-6-16(9)11/h1-6H,11H2,(H,14,15)/b12-5+. The number of halogens is 1. The Kier molecular flexibility index (Phi) is 3.34. The summed E-state index contributed by atoms with van der Waals surface area (Å²) in [6.07, 6.45) is 3.08. The van der Waals surface area contributed by atoms with E-state index in [2.05, 4.69) is 43.3 Å². The molecule has 0 aliphatic rings. The van der Waals surface area contributed by atoms with Crippen LogP contribution in [0.3, 0.4) is 0 Å². The van der Waals surface area contributed by atoms with Crippen LogP contribution in [0, 0.1) is 3.57 Å². The molecule has 6 nitrogen and oxygen atoms in total. The van der Waals surface area contributed by atoms with Crippen molar-refractivity contribution >= 4 is 34.8 Å². The van der Waals surface area contributed by atoms with Gasteiger partial charge in [0, 0.05) is 3.57 Å². The molecule has 0 radical (unpaired) electrons. The van der Waals surface area contributed by atoms with Crippen LogP contribution in [-0.4, -0.2) is 21.1 Å². The number of rotatable bonds is 3. The van der Waals surface area contributed by atoms with Gasteiger partial charge in [0.05, 0.1) is 6.21 Å². The van der Waals surface area contributed by atoms with E-state index in [9.17, 15) is 0 Å². The Labute approximate surface area is 106 Å². The van der Waals surface area contributed by atoms with E-state index >= 15 is 0 Å². The lowest BCUT2D eigenvalue weighted by atomic mass is 10.2. The Morgan fingerprint density at radius 2 is 2.38 bits per heavy atom. The zero-order chi connectivity index (χ0) is 11.4. The van der Waals surface area contributed by atoms with Crippen molar-refractivity contribution in [1.29, 1.82) is 0 Å². The Morgan fingerprint density at radius 1 is 1.50 bits per heavy atom. The third kappa shape index (κ3) is 2.69. The third-order valence-corrected chi connectivity index (χ3v) is 2.47. The molecule has 0 fully saturated rings. The fraction of sp³-hybridized carbons (Fsp3) is 0. The molecule has 1 aromatic heterocycles. The van der Waals surface area contributed by atoms with Crippen LogP contribution < -0.4 is 11.3 Å². The number of benzene rings is 1. The average Bonchev–Trinajstić information content (AvgIpc) is 2.65. The van der Waals surface area contributed by atoms with Crippen molar-refractivity contribution in [3.8, 4) is 0 Å². The van der Waals surface area contributed by atoms with Gasteiger partial charge in [-0.1, -0.05) is 12.1 Å². The molecule has 2 aromatic rings. The Bertz CT molecular complexity index is 506. The van der Waals surface area contributed by atoms with Crippen LogP contribution in [0.4, 0.5) is 5.95 Å². The molecule has 0 saturated carbocycles. The quantitative estimate of drug-likeness (QED) is 0.382. The summed E-state index contributed by atoms with van der Waals surface area (Å²) in [4.78, 5) is 0. The van der Waals surface area contributed by atoms with Crippen LogP contribution >= 0.6 is 22.6 Å². The molecule has 0 aliphatic carbocycles.